The van der Waals surface area contributed by atoms with E-state index < -0.39 is 11.7 Å². The summed E-state index contributed by atoms with van der Waals surface area (Å²) in [5.74, 6) is -0.929. The predicted molar refractivity (Wildman–Crippen MR) is 99.3 cm³/mol. The van der Waals surface area contributed by atoms with Gasteiger partial charge in [-0.3, -0.25) is 9.78 Å². The normalized spacial score (nSPS) is 16.4. The molecule has 0 atom stereocenters. The molecule has 1 saturated heterocycles. The minimum absolute atomic E-state index is 0.0271. The summed E-state index contributed by atoms with van der Waals surface area (Å²) in [7, 11) is 0. The van der Waals surface area contributed by atoms with Crippen molar-refractivity contribution < 1.29 is 9.18 Å². The molecule has 0 bridgehead atoms. The van der Waals surface area contributed by atoms with Crippen LogP contribution in [0.4, 0.5) is 10.1 Å². The molecular formula is C19H21FN6O. The number of nitrogens with one attached hydrogen (secondary N) is 2. The molecule has 4 rings (SSSR count). The van der Waals surface area contributed by atoms with Crippen LogP contribution < -0.4 is 10.6 Å². The number of imidazole rings is 1. The number of anilines is 1. The molecule has 7 nitrogen and oxygen atoms in total. The van der Waals surface area contributed by atoms with Gasteiger partial charge in [0.2, 0.25) is 0 Å². The molecule has 1 aliphatic rings. The van der Waals surface area contributed by atoms with Gasteiger partial charge in [0.15, 0.2) is 11.5 Å². The lowest BCUT2D eigenvalue weighted by molar-refractivity contribution is 0.102. The summed E-state index contributed by atoms with van der Waals surface area (Å²) in [6.07, 6.45) is 8.43. The summed E-state index contributed by atoms with van der Waals surface area (Å²) in [6, 6.07) is 1.25. The van der Waals surface area contributed by atoms with Crippen LogP contribution in [0, 0.1) is 12.7 Å². The van der Waals surface area contributed by atoms with E-state index in [1.54, 1.807) is 29.9 Å². The van der Waals surface area contributed by atoms with Crippen molar-refractivity contribution >= 4 is 17.2 Å². The van der Waals surface area contributed by atoms with Gasteiger partial charge in [0, 0.05) is 30.1 Å². The number of amides is 1. The quantitative estimate of drug-likeness (QED) is 0.742. The smallest absolute Gasteiger partial charge is 0.275 e. The van der Waals surface area contributed by atoms with Gasteiger partial charge in [-0.05, 0) is 32.9 Å². The number of pyridine rings is 1. The molecule has 3 aromatic heterocycles. The molecule has 0 spiro atoms. The number of fused-ring (bicyclic) bond motifs is 1. The Labute approximate surface area is 156 Å². The molecule has 27 heavy (non-hydrogen) atoms. The van der Waals surface area contributed by atoms with Gasteiger partial charge < -0.3 is 15.0 Å². The maximum atomic E-state index is 14.1. The van der Waals surface area contributed by atoms with E-state index in [0.29, 0.717) is 11.4 Å². The number of aryl methyl sites for hydroxylation is 1. The Hall–Kier alpha value is -2.87. The van der Waals surface area contributed by atoms with Crippen molar-refractivity contribution in [2.45, 2.75) is 32.1 Å². The molecule has 0 saturated carbocycles. The molecule has 3 aromatic rings. The highest BCUT2D eigenvalue weighted by molar-refractivity contribution is 6.02. The first-order chi connectivity index (χ1) is 12.9. The lowest BCUT2D eigenvalue weighted by Crippen LogP contribution is -2.38. The summed E-state index contributed by atoms with van der Waals surface area (Å²) in [5.41, 5.74) is 2.31. The van der Waals surface area contributed by atoms with Gasteiger partial charge in [0.05, 0.1) is 23.3 Å². The van der Waals surface area contributed by atoms with Crippen molar-refractivity contribution in [3.8, 4) is 0 Å². The molecule has 0 aromatic carbocycles. The molecule has 2 N–H and O–H groups in total. The second-order valence-corrected chi connectivity index (χ2v) is 7.24. The molecule has 0 aliphatic carbocycles. The summed E-state index contributed by atoms with van der Waals surface area (Å²) in [6.45, 7) is 5.85. The number of hydrogen-bond acceptors (Lipinski definition) is 5. The second kappa shape index (κ2) is 6.70. The Kier molecular flexibility index (Phi) is 4.35. The average molecular weight is 368 g/mol. The van der Waals surface area contributed by atoms with E-state index >= 15 is 0 Å². The number of nitrogens with zero attached hydrogens (tertiary/aromatic N) is 4. The summed E-state index contributed by atoms with van der Waals surface area (Å²) in [4.78, 5) is 25.3. The van der Waals surface area contributed by atoms with E-state index in [1.807, 2.05) is 0 Å². The van der Waals surface area contributed by atoms with Crippen molar-refractivity contribution in [2.24, 2.45) is 0 Å². The van der Waals surface area contributed by atoms with Gasteiger partial charge >= 0.3 is 0 Å². The molecule has 1 aliphatic heterocycles. The molecule has 0 unspecified atom stereocenters. The van der Waals surface area contributed by atoms with Crippen LogP contribution >= 0.6 is 0 Å². The van der Waals surface area contributed by atoms with Gasteiger partial charge in [-0.25, -0.2) is 14.4 Å². The molecule has 140 valence electrons. The maximum absolute atomic E-state index is 14.1. The van der Waals surface area contributed by atoms with Crippen LogP contribution in [-0.2, 0) is 5.41 Å². The molecule has 1 amide bonds. The Morgan fingerprint density at radius 2 is 2.04 bits per heavy atom. The summed E-state index contributed by atoms with van der Waals surface area (Å²) >= 11 is 0. The van der Waals surface area contributed by atoms with E-state index in [-0.39, 0.29) is 16.8 Å². The topological polar surface area (TPSA) is 84.2 Å². The van der Waals surface area contributed by atoms with E-state index in [9.17, 15) is 9.18 Å². The zero-order valence-electron chi connectivity index (χ0n) is 15.3. The van der Waals surface area contributed by atoms with Crippen LogP contribution in [-0.4, -0.2) is 38.3 Å². The van der Waals surface area contributed by atoms with Crippen molar-refractivity contribution in [1.82, 2.24) is 24.7 Å². The first-order valence-electron chi connectivity index (χ1n) is 8.94. The number of carbonyl (C=O) groups excluding carboxylic acids is 1. The molecule has 4 heterocycles. The first kappa shape index (κ1) is 17.5. The van der Waals surface area contributed by atoms with E-state index in [2.05, 4.69) is 32.5 Å². The number of carbonyl (C=O) groups is 1. The molecular weight excluding hydrogens is 347 g/mol. The van der Waals surface area contributed by atoms with E-state index in [4.69, 9.17) is 0 Å². The summed E-state index contributed by atoms with van der Waals surface area (Å²) in [5, 5.41) is 6.00. The van der Waals surface area contributed by atoms with Crippen molar-refractivity contribution in [2.75, 3.05) is 18.4 Å². The third-order valence-electron chi connectivity index (χ3n) is 5.09. The highest BCUT2D eigenvalue weighted by Crippen LogP contribution is 2.30. The van der Waals surface area contributed by atoms with Crippen LogP contribution in [0.2, 0.25) is 0 Å². The van der Waals surface area contributed by atoms with Crippen molar-refractivity contribution in [3.63, 3.8) is 0 Å². The van der Waals surface area contributed by atoms with Gasteiger partial charge in [-0.1, -0.05) is 6.92 Å². The van der Waals surface area contributed by atoms with Gasteiger partial charge in [-0.15, -0.1) is 0 Å². The number of rotatable bonds is 3. The minimum Gasteiger partial charge on any atom is -0.319 e. The minimum atomic E-state index is -0.499. The Morgan fingerprint density at radius 1 is 1.26 bits per heavy atom. The van der Waals surface area contributed by atoms with Gasteiger partial charge in [0.25, 0.3) is 5.91 Å². The molecule has 8 heteroatoms. The number of piperidine rings is 1. The first-order valence-corrected chi connectivity index (χ1v) is 8.94. The van der Waals surface area contributed by atoms with Crippen LogP contribution in [0.3, 0.4) is 0 Å². The fourth-order valence-corrected chi connectivity index (χ4v) is 3.43. The van der Waals surface area contributed by atoms with Gasteiger partial charge in [-0.2, -0.15) is 0 Å². The number of hydrogen-bond donors (Lipinski definition) is 2. The van der Waals surface area contributed by atoms with Gasteiger partial charge in [0.1, 0.15) is 5.69 Å². The zero-order chi connectivity index (χ0) is 19.0. The Morgan fingerprint density at radius 3 is 2.74 bits per heavy atom. The number of aromatic nitrogens is 4. The largest absolute Gasteiger partial charge is 0.319 e. The Bertz CT molecular complexity index is 991. The van der Waals surface area contributed by atoms with Crippen LogP contribution in [0.1, 0.15) is 41.6 Å². The predicted octanol–water partition coefficient (Wildman–Crippen LogP) is 2.47. The lowest BCUT2D eigenvalue weighted by Gasteiger charge is -2.33. The fraction of sp³-hybridized carbons (Fsp3) is 0.368. The van der Waals surface area contributed by atoms with Crippen LogP contribution in [0.5, 0.6) is 0 Å². The number of halogens is 1. The fourth-order valence-electron chi connectivity index (χ4n) is 3.43. The zero-order valence-corrected chi connectivity index (χ0v) is 15.3. The van der Waals surface area contributed by atoms with Crippen molar-refractivity contribution in [1.29, 1.82) is 0 Å². The average Bonchev–Trinajstić information content (AvgIpc) is 3.03. The SMILES string of the molecule is Cc1cn2cc(NC(=O)c3cnc(C4(C)CCNCC4)cn3)cc(F)c2n1. The molecule has 0 radical (unpaired) electrons. The van der Waals surface area contributed by atoms with E-state index in [1.165, 1.54) is 12.3 Å². The third kappa shape index (κ3) is 3.40. The second-order valence-electron chi connectivity index (χ2n) is 7.24. The summed E-state index contributed by atoms with van der Waals surface area (Å²) < 4.78 is 15.7. The third-order valence-corrected chi connectivity index (χ3v) is 5.09. The van der Waals surface area contributed by atoms with E-state index in [0.717, 1.165) is 31.6 Å². The highest BCUT2D eigenvalue weighted by Gasteiger charge is 2.30. The molecule has 1 fully saturated rings. The monoisotopic (exact) mass is 368 g/mol. The lowest BCUT2D eigenvalue weighted by atomic mass is 9.78. The Balaban J connectivity index is 1.53. The highest BCUT2D eigenvalue weighted by atomic mass is 19.1. The standard InChI is InChI=1S/C19H21FN6O/c1-12-10-26-11-13(7-14(20)17(26)24-12)25-18(27)15-8-23-16(9-22-15)19(2)3-5-21-6-4-19/h7-11,21H,3-6H2,1-2H3,(H,25,27). The van der Waals surface area contributed by atoms with Crippen LogP contribution in [0.15, 0.2) is 30.9 Å². The van der Waals surface area contributed by atoms with Crippen molar-refractivity contribution in [3.05, 3.63) is 53.8 Å². The van der Waals surface area contributed by atoms with Crippen LogP contribution in [0.25, 0.3) is 5.65 Å². The maximum Gasteiger partial charge on any atom is 0.275 e.